The van der Waals surface area contributed by atoms with Gasteiger partial charge in [-0.05, 0) is 55.2 Å². The van der Waals surface area contributed by atoms with Gasteiger partial charge in [0.05, 0.1) is 10.6 Å². The van der Waals surface area contributed by atoms with Crippen molar-refractivity contribution in [2.24, 2.45) is 0 Å². The Labute approximate surface area is 257 Å². The molecule has 0 saturated carbocycles. The standard InChI is InChI=1S/C32H33N5O6S.H2/c1-22-9-6-10-23(2)29(22)27-20-28(38)34-31(33-27)35-44(41,42)26-14-7-13-25(19-26)30(39)36-15-8-16-37(18-17-36)32(40)43-21-24-11-4-3-5-12-24;/h3-7,9-14,19-20H,8,15-18,21H2,1-2H3,(H2,33,34,35,38);1H. The summed E-state index contributed by atoms with van der Waals surface area (Å²) in [6.45, 7) is 5.32. The van der Waals surface area contributed by atoms with Crippen LogP contribution in [-0.4, -0.2) is 66.4 Å². The lowest BCUT2D eigenvalue weighted by Gasteiger charge is -2.22. The van der Waals surface area contributed by atoms with E-state index in [1.54, 1.807) is 15.9 Å². The average molecular weight is 618 g/mol. The van der Waals surface area contributed by atoms with Gasteiger partial charge in [-0.3, -0.25) is 14.6 Å². The Bertz CT molecular complexity index is 1830. The fraction of sp³-hybridized carbons (Fsp3) is 0.250. The van der Waals surface area contributed by atoms with E-state index in [4.69, 9.17) is 4.74 Å². The first kappa shape index (κ1) is 30.5. The van der Waals surface area contributed by atoms with Gasteiger partial charge < -0.3 is 14.5 Å². The van der Waals surface area contributed by atoms with Crippen molar-refractivity contribution < 1.29 is 24.2 Å². The van der Waals surface area contributed by atoms with Gasteiger partial charge in [-0.15, -0.1) is 0 Å². The second-order valence-corrected chi connectivity index (χ2v) is 12.2. The molecule has 3 aromatic carbocycles. The SMILES string of the molecule is Cc1cccc(C)c1-c1cc(=O)[nH]c(NS(=O)(=O)c2cccc(C(=O)N3CCCN(C(=O)OCc4ccccc4)CC3)c2)n1.[HH]. The summed E-state index contributed by atoms with van der Waals surface area (Å²) in [5, 5.41) is 0. The lowest BCUT2D eigenvalue weighted by molar-refractivity contribution is 0.0748. The van der Waals surface area contributed by atoms with Crippen LogP contribution in [0.15, 0.2) is 88.6 Å². The van der Waals surface area contributed by atoms with E-state index in [0.29, 0.717) is 25.2 Å². The minimum atomic E-state index is -4.22. The van der Waals surface area contributed by atoms with E-state index in [2.05, 4.69) is 14.7 Å². The monoisotopic (exact) mass is 617 g/mol. The van der Waals surface area contributed by atoms with Gasteiger partial charge in [0.1, 0.15) is 6.61 Å². The predicted molar refractivity (Wildman–Crippen MR) is 168 cm³/mol. The Hall–Kier alpha value is -4.97. The summed E-state index contributed by atoms with van der Waals surface area (Å²) >= 11 is 0. The van der Waals surface area contributed by atoms with Crippen molar-refractivity contribution in [3.8, 4) is 11.3 Å². The summed E-state index contributed by atoms with van der Waals surface area (Å²) < 4.78 is 34.4. The molecule has 0 radical (unpaired) electrons. The van der Waals surface area contributed by atoms with Crippen molar-refractivity contribution in [3.63, 3.8) is 0 Å². The van der Waals surface area contributed by atoms with Crippen molar-refractivity contribution in [1.82, 2.24) is 19.8 Å². The number of carbonyl (C=O) groups excluding carboxylic acids is 2. The van der Waals surface area contributed by atoms with Crippen LogP contribution in [0.5, 0.6) is 0 Å². The molecule has 0 unspecified atom stereocenters. The molecule has 5 rings (SSSR count). The molecule has 0 spiro atoms. The fourth-order valence-electron chi connectivity index (χ4n) is 5.13. The molecule has 0 bridgehead atoms. The molecular formula is C32H35N5O6S. The third-order valence-electron chi connectivity index (χ3n) is 7.35. The second-order valence-electron chi connectivity index (χ2n) is 10.6. The number of anilines is 1. The summed E-state index contributed by atoms with van der Waals surface area (Å²) in [6, 6.07) is 22.0. The highest BCUT2D eigenvalue weighted by Gasteiger charge is 2.25. The van der Waals surface area contributed by atoms with Crippen molar-refractivity contribution in [2.75, 3.05) is 30.9 Å². The molecule has 1 aromatic heterocycles. The molecule has 1 saturated heterocycles. The average Bonchev–Trinajstić information content (AvgIpc) is 3.26. The number of carbonyl (C=O) groups is 2. The van der Waals surface area contributed by atoms with E-state index in [1.807, 2.05) is 62.4 Å². The lowest BCUT2D eigenvalue weighted by Crippen LogP contribution is -2.37. The molecule has 1 aliphatic heterocycles. The Morgan fingerprint density at radius 2 is 1.59 bits per heavy atom. The molecule has 2 amide bonds. The third-order valence-corrected chi connectivity index (χ3v) is 8.68. The van der Waals surface area contributed by atoms with Gasteiger partial charge in [0.15, 0.2) is 0 Å². The molecule has 1 fully saturated rings. The van der Waals surface area contributed by atoms with E-state index in [-0.39, 0.29) is 43.4 Å². The number of nitrogens with zero attached hydrogens (tertiary/aromatic N) is 3. The zero-order valence-electron chi connectivity index (χ0n) is 24.4. The van der Waals surface area contributed by atoms with Gasteiger partial charge in [-0.1, -0.05) is 54.6 Å². The number of rotatable bonds is 7. The van der Waals surface area contributed by atoms with Crippen molar-refractivity contribution in [1.29, 1.82) is 0 Å². The first-order chi connectivity index (χ1) is 21.1. The maximum Gasteiger partial charge on any atom is 0.410 e. The molecular weight excluding hydrogens is 582 g/mol. The van der Waals surface area contributed by atoms with Crippen LogP contribution in [0.2, 0.25) is 0 Å². The highest BCUT2D eigenvalue weighted by Crippen LogP contribution is 2.25. The number of hydrogen-bond donors (Lipinski definition) is 2. The van der Waals surface area contributed by atoms with Crippen LogP contribution in [0.4, 0.5) is 10.7 Å². The predicted octanol–water partition coefficient (Wildman–Crippen LogP) is 4.59. The highest BCUT2D eigenvalue weighted by molar-refractivity contribution is 7.92. The largest absolute Gasteiger partial charge is 0.445 e. The number of amides is 2. The first-order valence-corrected chi connectivity index (χ1v) is 15.6. The van der Waals surface area contributed by atoms with Gasteiger partial charge >= 0.3 is 6.09 Å². The van der Waals surface area contributed by atoms with Gasteiger partial charge in [0, 0.05) is 44.8 Å². The van der Waals surface area contributed by atoms with Crippen LogP contribution in [-0.2, 0) is 21.4 Å². The molecule has 4 aromatic rings. The summed E-state index contributed by atoms with van der Waals surface area (Å²) in [5.41, 5.74) is 3.41. The summed E-state index contributed by atoms with van der Waals surface area (Å²) in [5.74, 6) is -0.594. The van der Waals surface area contributed by atoms with Gasteiger partial charge in [-0.2, -0.15) is 0 Å². The van der Waals surface area contributed by atoms with Crippen LogP contribution < -0.4 is 10.3 Å². The van der Waals surface area contributed by atoms with Gasteiger partial charge in [0.2, 0.25) is 5.95 Å². The van der Waals surface area contributed by atoms with Crippen LogP contribution in [0.25, 0.3) is 11.3 Å². The van der Waals surface area contributed by atoms with Crippen molar-refractivity contribution in [3.05, 3.63) is 111 Å². The van der Waals surface area contributed by atoms with E-state index in [9.17, 15) is 22.8 Å². The number of sulfonamides is 1. The minimum absolute atomic E-state index is 0. The van der Waals surface area contributed by atoms with E-state index >= 15 is 0 Å². The smallest absolute Gasteiger partial charge is 0.410 e. The zero-order chi connectivity index (χ0) is 31.3. The number of aromatic nitrogens is 2. The molecule has 44 heavy (non-hydrogen) atoms. The Morgan fingerprint density at radius 1 is 0.909 bits per heavy atom. The third kappa shape index (κ3) is 7.14. The number of benzene rings is 3. The number of aromatic amines is 1. The number of aryl methyl sites for hydroxylation is 2. The number of nitrogens with one attached hydrogen (secondary N) is 2. The summed E-state index contributed by atoms with van der Waals surface area (Å²) in [4.78, 5) is 48.3. The van der Waals surface area contributed by atoms with Crippen molar-refractivity contribution in [2.45, 2.75) is 31.8 Å². The lowest BCUT2D eigenvalue weighted by atomic mass is 10.00. The number of H-pyrrole nitrogens is 1. The molecule has 230 valence electrons. The molecule has 2 heterocycles. The molecule has 0 aliphatic carbocycles. The molecule has 2 N–H and O–H groups in total. The molecule has 11 nitrogen and oxygen atoms in total. The maximum atomic E-state index is 13.4. The van der Waals surface area contributed by atoms with E-state index in [0.717, 1.165) is 22.3 Å². The topological polar surface area (TPSA) is 142 Å². The molecule has 1 aliphatic rings. The zero-order valence-corrected chi connectivity index (χ0v) is 25.3. The van der Waals surface area contributed by atoms with Gasteiger partial charge in [0.25, 0.3) is 21.5 Å². The summed E-state index contributed by atoms with van der Waals surface area (Å²) in [6.07, 6.45) is 0.0946. The summed E-state index contributed by atoms with van der Waals surface area (Å²) in [7, 11) is -4.22. The van der Waals surface area contributed by atoms with Crippen LogP contribution in [0, 0.1) is 13.8 Å². The Balaban J connectivity index is 0.00000461. The van der Waals surface area contributed by atoms with E-state index in [1.165, 1.54) is 24.3 Å². The molecule has 0 atom stereocenters. The van der Waals surface area contributed by atoms with Crippen LogP contribution in [0.3, 0.4) is 0 Å². The normalized spacial score (nSPS) is 13.7. The number of hydrogen-bond acceptors (Lipinski definition) is 7. The van der Waals surface area contributed by atoms with Gasteiger partial charge in [-0.25, -0.2) is 22.9 Å². The maximum absolute atomic E-state index is 13.4. The molecule has 12 heteroatoms. The quantitative estimate of drug-likeness (QED) is 0.309. The Kier molecular flexibility index (Phi) is 9.09. The Morgan fingerprint density at radius 3 is 2.34 bits per heavy atom. The minimum Gasteiger partial charge on any atom is -0.445 e. The van der Waals surface area contributed by atoms with E-state index < -0.39 is 21.7 Å². The van der Waals surface area contributed by atoms with Crippen LogP contribution >= 0.6 is 0 Å². The first-order valence-electron chi connectivity index (χ1n) is 14.2. The number of ether oxygens (including phenoxy) is 1. The fourth-order valence-corrected chi connectivity index (χ4v) is 6.14. The van der Waals surface area contributed by atoms with Crippen LogP contribution in [0.1, 0.15) is 34.9 Å². The second kappa shape index (κ2) is 13.1. The van der Waals surface area contributed by atoms with Crippen molar-refractivity contribution >= 4 is 28.0 Å². The highest BCUT2D eigenvalue weighted by atomic mass is 32.2.